The minimum atomic E-state index is 0.292. The minimum absolute atomic E-state index is 0.292. The molecule has 7 heavy (non-hydrogen) atoms. The normalized spacial score (nSPS) is 7.57. The molecule has 0 aliphatic carbocycles. The van der Waals surface area contributed by atoms with Gasteiger partial charge in [-0.05, 0) is 12.2 Å². The Morgan fingerprint density at radius 2 is 2.57 bits per heavy atom. The van der Waals surface area contributed by atoms with Crippen LogP contribution in [-0.4, -0.2) is 11.0 Å². The molecule has 1 N–H and O–H groups in total. The SMILES string of the molecule is C=CCNC(=S)Cl. The van der Waals surface area contributed by atoms with Gasteiger partial charge in [0.2, 0.25) is 0 Å². The van der Waals surface area contributed by atoms with Gasteiger partial charge >= 0.3 is 0 Å². The third kappa shape index (κ3) is 5.92. The lowest BCUT2D eigenvalue weighted by molar-refractivity contribution is 1.08. The van der Waals surface area contributed by atoms with E-state index in [9.17, 15) is 0 Å². The fourth-order valence-electron chi connectivity index (χ4n) is 0.152. The van der Waals surface area contributed by atoms with Crippen molar-refractivity contribution in [3.05, 3.63) is 12.7 Å². The average molecular weight is 136 g/mol. The molecule has 1 nitrogen and oxygen atoms in total. The first-order chi connectivity index (χ1) is 3.27. The maximum atomic E-state index is 5.23. The van der Waals surface area contributed by atoms with Gasteiger partial charge in [0.25, 0.3) is 0 Å². The molecule has 0 spiro atoms. The highest BCUT2D eigenvalue weighted by Gasteiger charge is 1.79. The van der Waals surface area contributed by atoms with Crippen LogP contribution in [0.2, 0.25) is 0 Å². The monoisotopic (exact) mass is 135 g/mol. The predicted octanol–water partition coefficient (Wildman–Crippen LogP) is 1.29. The molecule has 0 bridgehead atoms. The first kappa shape index (κ1) is 6.92. The molecule has 0 atom stereocenters. The Morgan fingerprint density at radius 1 is 2.00 bits per heavy atom. The molecule has 40 valence electrons. The van der Waals surface area contributed by atoms with Crippen molar-refractivity contribution in [3.8, 4) is 0 Å². The third-order valence-electron chi connectivity index (χ3n) is 0.385. The summed E-state index contributed by atoms with van der Waals surface area (Å²) in [6, 6.07) is 0. The summed E-state index contributed by atoms with van der Waals surface area (Å²) < 4.78 is 0.292. The molecule has 0 aliphatic rings. The summed E-state index contributed by atoms with van der Waals surface area (Å²) in [5.41, 5.74) is 0. The van der Waals surface area contributed by atoms with Crippen molar-refractivity contribution >= 4 is 28.3 Å². The molecule has 0 heterocycles. The van der Waals surface area contributed by atoms with Gasteiger partial charge in [0, 0.05) is 6.54 Å². The standard InChI is InChI=1S/C4H6ClNS/c1-2-3-6-4(5)7/h2H,1,3H2,(H,6,7). The molecule has 0 rings (SSSR count). The van der Waals surface area contributed by atoms with E-state index in [4.69, 9.17) is 11.6 Å². The van der Waals surface area contributed by atoms with Crippen molar-refractivity contribution in [1.29, 1.82) is 0 Å². The number of halogens is 1. The van der Waals surface area contributed by atoms with Crippen LogP contribution < -0.4 is 5.32 Å². The summed E-state index contributed by atoms with van der Waals surface area (Å²) >= 11 is 9.70. The largest absolute Gasteiger partial charge is 0.363 e. The van der Waals surface area contributed by atoms with Gasteiger partial charge in [-0.1, -0.05) is 17.7 Å². The van der Waals surface area contributed by atoms with Crippen LogP contribution in [-0.2, 0) is 0 Å². The highest BCUT2D eigenvalue weighted by molar-refractivity contribution is 7.83. The maximum Gasteiger partial charge on any atom is 0.167 e. The molecule has 0 aliphatic heterocycles. The summed E-state index contributed by atoms with van der Waals surface area (Å²) in [4.78, 5) is 0. The molecule has 0 saturated carbocycles. The summed E-state index contributed by atoms with van der Waals surface area (Å²) in [5, 5.41) is 2.67. The lowest BCUT2D eigenvalue weighted by atomic mass is 10.6. The lowest BCUT2D eigenvalue weighted by Gasteiger charge is -1.91. The maximum absolute atomic E-state index is 5.23. The second-order valence-corrected chi connectivity index (χ2v) is 1.95. The highest BCUT2D eigenvalue weighted by atomic mass is 35.5. The van der Waals surface area contributed by atoms with Crippen molar-refractivity contribution in [2.75, 3.05) is 6.54 Å². The molecule has 0 fully saturated rings. The van der Waals surface area contributed by atoms with Crippen molar-refractivity contribution < 1.29 is 0 Å². The Hall–Kier alpha value is -0.0800. The van der Waals surface area contributed by atoms with E-state index in [0.717, 1.165) is 0 Å². The fraction of sp³-hybridized carbons (Fsp3) is 0.250. The molecule has 0 unspecified atom stereocenters. The van der Waals surface area contributed by atoms with Gasteiger partial charge in [-0.2, -0.15) is 0 Å². The van der Waals surface area contributed by atoms with Crippen LogP contribution in [0, 0.1) is 0 Å². The molecule has 0 amide bonds. The Bertz CT molecular complexity index is 81.8. The molecule has 0 aromatic heterocycles. The van der Waals surface area contributed by atoms with E-state index in [1.165, 1.54) is 0 Å². The predicted molar refractivity (Wildman–Crippen MR) is 36.7 cm³/mol. The van der Waals surface area contributed by atoms with Crippen LogP contribution >= 0.6 is 23.8 Å². The van der Waals surface area contributed by atoms with E-state index >= 15 is 0 Å². The molecular formula is C4H6ClNS. The Balaban J connectivity index is 2.97. The van der Waals surface area contributed by atoms with Gasteiger partial charge < -0.3 is 5.32 Å². The smallest absolute Gasteiger partial charge is 0.167 e. The van der Waals surface area contributed by atoms with E-state index in [0.29, 0.717) is 11.0 Å². The zero-order chi connectivity index (χ0) is 5.70. The number of nitrogens with one attached hydrogen (secondary N) is 1. The number of thiocarbonyl (C=S) groups is 1. The van der Waals surface area contributed by atoms with Gasteiger partial charge in [0.15, 0.2) is 4.45 Å². The Morgan fingerprint density at radius 3 is 2.71 bits per heavy atom. The van der Waals surface area contributed by atoms with Crippen LogP contribution in [0.5, 0.6) is 0 Å². The van der Waals surface area contributed by atoms with Crippen molar-refractivity contribution in [1.82, 2.24) is 5.32 Å². The van der Waals surface area contributed by atoms with Crippen molar-refractivity contribution in [3.63, 3.8) is 0 Å². The Kier molecular flexibility index (Phi) is 4.04. The summed E-state index contributed by atoms with van der Waals surface area (Å²) in [6.07, 6.45) is 1.69. The van der Waals surface area contributed by atoms with Gasteiger partial charge in [0.1, 0.15) is 0 Å². The van der Waals surface area contributed by atoms with E-state index in [1.807, 2.05) is 0 Å². The van der Waals surface area contributed by atoms with E-state index in [2.05, 4.69) is 24.1 Å². The zero-order valence-corrected chi connectivity index (χ0v) is 5.35. The minimum Gasteiger partial charge on any atom is -0.363 e. The summed E-state index contributed by atoms with van der Waals surface area (Å²) in [5.74, 6) is 0. The van der Waals surface area contributed by atoms with Crippen molar-refractivity contribution in [2.45, 2.75) is 0 Å². The highest BCUT2D eigenvalue weighted by Crippen LogP contribution is 1.75. The molecule has 0 aromatic rings. The first-order valence-corrected chi connectivity index (χ1v) is 2.60. The van der Waals surface area contributed by atoms with Crippen LogP contribution in [0.1, 0.15) is 0 Å². The molecule has 0 saturated heterocycles. The first-order valence-electron chi connectivity index (χ1n) is 1.81. The number of hydrogen-bond donors (Lipinski definition) is 1. The van der Waals surface area contributed by atoms with Crippen LogP contribution in [0.3, 0.4) is 0 Å². The van der Waals surface area contributed by atoms with E-state index in [1.54, 1.807) is 6.08 Å². The molecular weight excluding hydrogens is 130 g/mol. The molecule has 0 aromatic carbocycles. The average Bonchev–Trinajstić information content (AvgIpc) is 1.61. The Labute approximate surface area is 53.4 Å². The zero-order valence-electron chi connectivity index (χ0n) is 3.78. The lowest BCUT2D eigenvalue weighted by Crippen LogP contribution is -2.14. The fourth-order valence-corrected chi connectivity index (χ4v) is 0.313. The van der Waals surface area contributed by atoms with Gasteiger partial charge in [-0.25, -0.2) is 0 Å². The molecule has 0 radical (unpaired) electrons. The van der Waals surface area contributed by atoms with E-state index < -0.39 is 0 Å². The third-order valence-corrected chi connectivity index (χ3v) is 0.663. The van der Waals surface area contributed by atoms with E-state index in [-0.39, 0.29) is 0 Å². The van der Waals surface area contributed by atoms with Gasteiger partial charge in [0.05, 0.1) is 0 Å². The van der Waals surface area contributed by atoms with Crippen LogP contribution in [0.15, 0.2) is 12.7 Å². The second kappa shape index (κ2) is 4.09. The van der Waals surface area contributed by atoms with Gasteiger partial charge in [-0.15, -0.1) is 6.58 Å². The van der Waals surface area contributed by atoms with Gasteiger partial charge in [-0.3, -0.25) is 0 Å². The summed E-state index contributed by atoms with van der Waals surface area (Å²) in [7, 11) is 0. The topological polar surface area (TPSA) is 12.0 Å². The quantitative estimate of drug-likeness (QED) is 0.265. The number of hydrogen-bond acceptors (Lipinski definition) is 1. The van der Waals surface area contributed by atoms with Crippen LogP contribution in [0.4, 0.5) is 0 Å². The van der Waals surface area contributed by atoms with Crippen molar-refractivity contribution in [2.24, 2.45) is 0 Å². The number of rotatable bonds is 2. The van der Waals surface area contributed by atoms with Crippen LogP contribution in [0.25, 0.3) is 0 Å². The second-order valence-electron chi connectivity index (χ2n) is 0.943. The summed E-state index contributed by atoms with van der Waals surface area (Å²) in [6.45, 7) is 4.09. The molecule has 3 heteroatoms.